The Morgan fingerprint density at radius 2 is 2.04 bits per heavy atom. The van der Waals surface area contributed by atoms with E-state index < -0.39 is 0 Å². The molecule has 0 aliphatic carbocycles. The molecule has 25 heavy (non-hydrogen) atoms. The molecule has 2 aliphatic rings. The number of amides is 2. The number of benzene rings is 1. The molecule has 1 N–H and O–H groups in total. The van der Waals surface area contributed by atoms with Crippen LogP contribution >= 0.6 is 0 Å². The quantitative estimate of drug-likeness (QED) is 0.911. The molecule has 2 amide bonds. The number of carbonyl (C=O) groups is 1. The average molecular weight is 349 g/mol. The van der Waals surface area contributed by atoms with Crippen molar-refractivity contribution >= 4 is 11.7 Å². The molecule has 2 aliphatic heterocycles. The van der Waals surface area contributed by atoms with Crippen molar-refractivity contribution in [3.63, 3.8) is 0 Å². The largest absolute Gasteiger partial charge is 0.373 e. The second kappa shape index (κ2) is 7.70. The number of anilines is 1. The fourth-order valence-electron chi connectivity index (χ4n) is 3.93. The second-order valence-corrected chi connectivity index (χ2v) is 7.38. The molecule has 0 radical (unpaired) electrons. The van der Waals surface area contributed by atoms with Crippen LogP contribution in [0.1, 0.15) is 32.3 Å². The third-order valence-corrected chi connectivity index (χ3v) is 4.97. The molecule has 2 heterocycles. The van der Waals surface area contributed by atoms with Crippen molar-refractivity contribution in [1.29, 1.82) is 0 Å². The van der Waals surface area contributed by atoms with Crippen LogP contribution in [0.25, 0.3) is 0 Å². The molecule has 0 bridgehead atoms. The molecule has 0 saturated carbocycles. The van der Waals surface area contributed by atoms with Crippen molar-refractivity contribution in [3.8, 4) is 0 Å². The summed E-state index contributed by atoms with van der Waals surface area (Å²) < 4.78 is 19.8. The van der Waals surface area contributed by atoms with Crippen LogP contribution in [0.2, 0.25) is 0 Å². The van der Waals surface area contributed by atoms with Gasteiger partial charge in [-0.15, -0.1) is 0 Å². The van der Waals surface area contributed by atoms with E-state index in [2.05, 4.69) is 24.1 Å². The zero-order chi connectivity index (χ0) is 18.0. The minimum Gasteiger partial charge on any atom is -0.373 e. The van der Waals surface area contributed by atoms with Crippen LogP contribution in [0.15, 0.2) is 18.2 Å². The standard InChI is InChI=1S/C19H28FN3O2/c1-13-6-7-18(17(20)9-13)21-19(24)23-8-4-5-16(23)12-22-10-14(2)25-15(3)11-22/h6-7,9,14-16H,4-5,8,10-12H2,1-3H3,(H,21,24)/t14-,15-,16-/m1/s1. The number of rotatable bonds is 3. The summed E-state index contributed by atoms with van der Waals surface area (Å²) in [6, 6.07) is 4.83. The molecular formula is C19H28FN3O2. The molecule has 3 rings (SSSR count). The predicted octanol–water partition coefficient (Wildman–Crippen LogP) is 3.24. The Morgan fingerprint density at radius 1 is 1.32 bits per heavy atom. The number of hydrogen-bond donors (Lipinski definition) is 1. The smallest absolute Gasteiger partial charge is 0.322 e. The van der Waals surface area contributed by atoms with Gasteiger partial charge in [0.25, 0.3) is 0 Å². The third kappa shape index (κ3) is 4.50. The van der Waals surface area contributed by atoms with E-state index in [0.29, 0.717) is 0 Å². The van der Waals surface area contributed by atoms with E-state index in [1.165, 1.54) is 6.07 Å². The Kier molecular flexibility index (Phi) is 5.59. The average Bonchev–Trinajstić information content (AvgIpc) is 2.97. The zero-order valence-corrected chi connectivity index (χ0v) is 15.3. The van der Waals surface area contributed by atoms with E-state index in [0.717, 1.165) is 44.6 Å². The van der Waals surface area contributed by atoms with Crippen LogP contribution in [-0.4, -0.2) is 60.3 Å². The maximum Gasteiger partial charge on any atom is 0.322 e. The first-order valence-corrected chi connectivity index (χ1v) is 9.14. The number of nitrogens with one attached hydrogen (secondary N) is 1. The van der Waals surface area contributed by atoms with Gasteiger partial charge in [0, 0.05) is 32.2 Å². The van der Waals surface area contributed by atoms with E-state index >= 15 is 0 Å². The van der Waals surface area contributed by atoms with Crippen molar-refractivity contribution in [3.05, 3.63) is 29.6 Å². The Hall–Kier alpha value is -1.66. The SMILES string of the molecule is Cc1ccc(NC(=O)N2CCC[C@@H]2CN2C[C@@H](C)O[C@H](C)C2)c(F)c1. The minimum absolute atomic E-state index is 0.172. The lowest BCUT2D eigenvalue weighted by Gasteiger charge is -2.38. The lowest BCUT2D eigenvalue weighted by Crippen LogP contribution is -2.51. The van der Waals surface area contributed by atoms with E-state index in [4.69, 9.17) is 4.74 Å². The lowest BCUT2D eigenvalue weighted by molar-refractivity contribution is -0.0712. The van der Waals surface area contributed by atoms with E-state index in [1.54, 1.807) is 12.1 Å². The molecule has 1 aromatic carbocycles. The normalized spacial score (nSPS) is 27.5. The first-order chi connectivity index (χ1) is 11.9. The topological polar surface area (TPSA) is 44.8 Å². The number of urea groups is 1. The summed E-state index contributed by atoms with van der Waals surface area (Å²) in [6.45, 7) is 9.35. The summed E-state index contributed by atoms with van der Waals surface area (Å²) in [5, 5.41) is 2.73. The van der Waals surface area contributed by atoms with E-state index in [1.807, 2.05) is 11.8 Å². The number of aryl methyl sites for hydroxylation is 1. The van der Waals surface area contributed by atoms with E-state index in [9.17, 15) is 9.18 Å². The first-order valence-electron chi connectivity index (χ1n) is 9.14. The molecule has 6 heteroatoms. The highest BCUT2D eigenvalue weighted by Gasteiger charge is 2.32. The number of nitrogens with zero attached hydrogens (tertiary/aromatic N) is 2. The Morgan fingerprint density at radius 3 is 2.72 bits per heavy atom. The van der Waals surface area contributed by atoms with Crippen LogP contribution in [0, 0.1) is 12.7 Å². The molecule has 5 nitrogen and oxygen atoms in total. The molecule has 2 saturated heterocycles. The summed E-state index contributed by atoms with van der Waals surface area (Å²) in [6.07, 6.45) is 2.41. The van der Waals surface area contributed by atoms with Crippen molar-refractivity contribution in [2.24, 2.45) is 0 Å². The van der Waals surface area contributed by atoms with Crippen LogP contribution in [-0.2, 0) is 4.74 Å². The Balaban J connectivity index is 1.61. The van der Waals surface area contributed by atoms with Gasteiger partial charge in [-0.1, -0.05) is 6.07 Å². The van der Waals surface area contributed by atoms with Crippen LogP contribution in [0.4, 0.5) is 14.9 Å². The van der Waals surface area contributed by atoms with Gasteiger partial charge in [0.15, 0.2) is 0 Å². The van der Waals surface area contributed by atoms with Gasteiger partial charge in [0.05, 0.1) is 17.9 Å². The Labute approximate surface area is 149 Å². The van der Waals surface area contributed by atoms with Gasteiger partial charge < -0.3 is 15.0 Å². The molecule has 138 valence electrons. The second-order valence-electron chi connectivity index (χ2n) is 7.38. The Bertz CT molecular complexity index is 615. The summed E-state index contributed by atoms with van der Waals surface area (Å²) >= 11 is 0. The van der Waals surface area contributed by atoms with Gasteiger partial charge in [-0.3, -0.25) is 4.90 Å². The molecule has 0 unspecified atom stereocenters. The van der Waals surface area contributed by atoms with Crippen LogP contribution in [0.3, 0.4) is 0 Å². The summed E-state index contributed by atoms with van der Waals surface area (Å²) in [4.78, 5) is 16.9. The number of carbonyl (C=O) groups excluding carboxylic acids is 1. The zero-order valence-electron chi connectivity index (χ0n) is 15.3. The molecule has 0 spiro atoms. The number of halogens is 1. The fourth-order valence-corrected chi connectivity index (χ4v) is 3.93. The monoisotopic (exact) mass is 349 g/mol. The molecule has 0 aromatic heterocycles. The van der Waals surface area contributed by atoms with Crippen molar-refractivity contribution in [2.45, 2.75) is 51.9 Å². The summed E-state index contributed by atoms with van der Waals surface area (Å²) in [7, 11) is 0. The molecule has 3 atom stereocenters. The maximum atomic E-state index is 14.0. The lowest BCUT2D eigenvalue weighted by atomic mass is 10.1. The van der Waals surface area contributed by atoms with Gasteiger partial charge >= 0.3 is 6.03 Å². The highest BCUT2D eigenvalue weighted by atomic mass is 19.1. The van der Waals surface area contributed by atoms with Gasteiger partial charge in [-0.05, 0) is 51.3 Å². The molecule has 2 fully saturated rings. The van der Waals surface area contributed by atoms with Gasteiger partial charge in [0.1, 0.15) is 5.82 Å². The fraction of sp³-hybridized carbons (Fsp3) is 0.632. The number of ether oxygens (including phenoxy) is 1. The maximum absolute atomic E-state index is 14.0. The summed E-state index contributed by atoms with van der Waals surface area (Å²) in [5.41, 5.74) is 1.08. The van der Waals surface area contributed by atoms with Crippen LogP contribution in [0.5, 0.6) is 0 Å². The van der Waals surface area contributed by atoms with Crippen molar-refractivity contribution in [1.82, 2.24) is 9.80 Å². The van der Waals surface area contributed by atoms with Crippen molar-refractivity contribution < 1.29 is 13.9 Å². The van der Waals surface area contributed by atoms with Gasteiger partial charge in [0.2, 0.25) is 0 Å². The number of morpholine rings is 1. The minimum atomic E-state index is -0.389. The highest BCUT2D eigenvalue weighted by molar-refractivity contribution is 5.89. The molecular weight excluding hydrogens is 321 g/mol. The molecule has 1 aromatic rings. The van der Waals surface area contributed by atoms with Crippen molar-refractivity contribution in [2.75, 3.05) is 31.5 Å². The number of hydrogen-bond acceptors (Lipinski definition) is 3. The van der Waals surface area contributed by atoms with Gasteiger partial charge in [-0.2, -0.15) is 0 Å². The first kappa shape index (κ1) is 18.1. The van der Waals surface area contributed by atoms with Gasteiger partial charge in [-0.25, -0.2) is 9.18 Å². The van der Waals surface area contributed by atoms with Crippen LogP contribution < -0.4 is 5.32 Å². The highest BCUT2D eigenvalue weighted by Crippen LogP contribution is 2.23. The third-order valence-electron chi connectivity index (χ3n) is 4.97. The predicted molar refractivity (Wildman–Crippen MR) is 96.3 cm³/mol. The number of likely N-dealkylation sites (tertiary alicyclic amines) is 1. The van der Waals surface area contributed by atoms with E-state index in [-0.39, 0.29) is 35.8 Å². The summed E-state index contributed by atoms with van der Waals surface area (Å²) in [5.74, 6) is -0.389.